The normalized spacial score (nSPS) is 12.0. The molecular weight excluding hydrogens is 168 g/mol. The van der Waals surface area contributed by atoms with Gasteiger partial charge in [-0.15, -0.1) is 0 Å². The van der Waals surface area contributed by atoms with Crippen LogP contribution in [0.2, 0.25) is 0 Å². The first kappa shape index (κ1) is 14.0. The van der Waals surface area contributed by atoms with Crippen LogP contribution in [0.5, 0.6) is 0 Å². The van der Waals surface area contributed by atoms with Crippen molar-refractivity contribution in [1.82, 2.24) is 0 Å². The van der Waals surface area contributed by atoms with Gasteiger partial charge in [0.2, 0.25) is 0 Å². The van der Waals surface area contributed by atoms with E-state index in [1.165, 1.54) is 51.4 Å². The zero-order valence-corrected chi connectivity index (χ0v) is 10.6. The lowest BCUT2D eigenvalue weighted by molar-refractivity contribution is 0.291. The second-order valence-corrected chi connectivity index (χ2v) is 5.29. The molecule has 0 rings (SSSR count). The SMILES string of the molecule is [CH2]CCCCCCCC(C)(C)CCC. The van der Waals surface area contributed by atoms with Gasteiger partial charge in [-0.25, -0.2) is 0 Å². The van der Waals surface area contributed by atoms with Crippen molar-refractivity contribution < 1.29 is 0 Å². The molecule has 0 bridgehead atoms. The van der Waals surface area contributed by atoms with Gasteiger partial charge in [0.15, 0.2) is 0 Å². The van der Waals surface area contributed by atoms with Crippen molar-refractivity contribution in [1.29, 1.82) is 0 Å². The molecule has 0 heteroatoms. The summed E-state index contributed by atoms with van der Waals surface area (Å²) in [5, 5.41) is 0. The van der Waals surface area contributed by atoms with Gasteiger partial charge >= 0.3 is 0 Å². The lowest BCUT2D eigenvalue weighted by atomic mass is 9.83. The van der Waals surface area contributed by atoms with Crippen LogP contribution >= 0.6 is 0 Å². The Labute approximate surface area is 91.5 Å². The Bertz CT molecular complexity index is 113. The molecule has 0 atom stereocenters. The molecule has 0 nitrogen and oxygen atoms in total. The first-order valence-electron chi connectivity index (χ1n) is 6.41. The molecule has 0 saturated heterocycles. The number of rotatable bonds is 9. The highest BCUT2D eigenvalue weighted by molar-refractivity contribution is 4.67. The van der Waals surface area contributed by atoms with Gasteiger partial charge in [0, 0.05) is 0 Å². The molecule has 14 heavy (non-hydrogen) atoms. The van der Waals surface area contributed by atoms with Gasteiger partial charge in [0.25, 0.3) is 0 Å². The maximum Gasteiger partial charge on any atom is -0.0354 e. The quantitative estimate of drug-likeness (QED) is 0.435. The third-order valence-electron chi connectivity index (χ3n) is 3.03. The van der Waals surface area contributed by atoms with E-state index in [0.29, 0.717) is 5.41 Å². The van der Waals surface area contributed by atoms with E-state index >= 15 is 0 Å². The molecule has 0 aromatic heterocycles. The highest BCUT2D eigenvalue weighted by Gasteiger charge is 2.15. The smallest absolute Gasteiger partial charge is 0.0354 e. The van der Waals surface area contributed by atoms with E-state index in [-0.39, 0.29) is 0 Å². The van der Waals surface area contributed by atoms with Crippen LogP contribution in [0, 0.1) is 12.3 Å². The van der Waals surface area contributed by atoms with Crippen LogP contribution in [0.4, 0.5) is 0 Å². The molecule has 85 valence electrons. The van der Waals surface area contributed by atoms with Gasteiger partial charge in [0.05, 0.1) is 0 Å². The predicted octanol–water partition coefficient (Wildman–Crippen LogP) is 5.38. The van der Waals surface area contributed by atoms with Gasteiger partial charge in [0.1, 0.15) is 0 Å². The molecule has 0 amide bonds. The fourth-order valence-electron chi connectivity index (χ4n) is 2.11. The Kier molecular flexibility index (Phi) is 8.32. The zero-order valence-electron chi connectivity index (χ0n) is 10.6. The van der Waals surface area contributed by atoms with Crippen molar-refractivity contribution in [2.45, 2.75) is 78.6 Å². The van der Waals surface area contributed by atoms with Crippen molar-refractivity contribution in [2.75, 3.05) is 0 Å². The highest BCUT2D eigenvalue weighted by Crippen LogP contribution is 2.29. The van der Waals surface area contributed by atoms with Gasteiger partial charge in [-0.2, -0.15) is 0 Å². The molecule has 0 unspecified atom stereocenters. The van der Waals surface area contributed by atoms with Gasteiger partial charge < -0.3 is 0 Å². The third-order valence-corrected chi connectivity index (χ3v) is 3.03. The first-order valence-corrected chi connectivity index (χ1v) is 6.41. The summed E-state index contributed by atoms with van der Waals surface area (Å²) in [5.74, 6) is 0. The second-order valence-electron chi connectivity index (χ2n) is 5.29. The largest absolute Gasteiger partial charge is 0.0654 e. The fourth-order valence-corrected chi connectivity index (χ4v) is 2.11. The van der Waals surface area contributed by atoms with Crippen LogP contribution in [-0.2, 0) is 0 Å². The van der Waals surface area contributed by atoms with Crippen molar-refractivity contribution in [2.24, 2.45) is 5.41 Å². The monoisotopic (exact) mass is 197 g/mol. The van der Waals surface area contributed by atoms with Crippen LogP contribution in [0.3, 0.4) is 0 Å². The molecular formula is C14H29. The molecule has 0 aliphatic heterocycles. The zero-order chi connectivity index (χ0) is 10.9. The topological polar surface area (TPSA) is 0 Å². The predicted molar refractivity (Wildman–Crippen MR) is 66.4 cm³/mol. The molecule has 0 N–H and O–H groups in total. The minimum Gasteiger partial charge on any atom is -0.0654 e. The molecule has 0 aliphatic rings. The van der Waals surface area contributed by atoms with Crippen molar-refractivity contribution in [3.05, 3.63) is 6.92 Å². The van der Waals surface area contributed by atoms with Gasteiger partial charge in [-0.05, 0) is 18.3 Å². The lowest BCUT2D eigenvalue weighted by Crippen LogP contribution is -2.10. The summed E-state index contributed by atoms with van der Waals surface area (Å²) in [4.78, 5) is 0. The maximum absolute atomic E-state index is 3.87. The summed E-state index contributed by atoms with van der Waals surface area (Å²) in [6.45, 7) is 11.0. The molecule has 0 aromatic rings. The Morgan fingerprint density at radius 1 is 0.857 bits per heavy atom. The maximum atomic E-state index is 3.87. The van der Waals surface area contributed by atoms with E-state index in [9.17, 15) is 0 Å². The van der Waals surface area contributed by atoms with E-state index in [1.807, 2.05) is 0 Å². The van der Waals surface area contributed by atoms with E-state index in [4.69, 9.17) is 0 Å². The minimum atomic E-state index is 0.584. The Balaban J connectivity index is 3.26. The molecule has 0 aromatic carbocycles. The number of hydrogen-bond acceptors (Lipinski definition) is 0. The van der Waals surface area contributed by atoms with Crippen molar-refractivity contribution in [3.63, 3.8) is 0 Å². The summed E-state index contributed by atoms with van der Waals surface area (Å²) < 4.78 is 0. The van der Waals surface area contributed by atoms with Gasteiger partial charge in [-0.3, -0.25) is 0 Å². The third kappa shape index (κ3) is 8.59. The molecule has 0 fully saturated rings. The Morgan fingerprint density at radius 2 is 1.43 bits per heavy atom. The minimum absolute atomic E-state index is 0.584. The van der Waals surface area contributed by atoms with E-state index < -0.39 is 0 Å². The second kappa shape index (κ2) is 8.32. The number of unbranched alkanes of at least 4 members (excludes halogenated alkanes) is 5. The molecule has 0 aliphatic carbocycles. The standard InChI is InChI=1S/C14H29/c1-5-7-8-9-10-11-13-14(3,4)12-6-2/h1,5-13H2,2-4H3. The van der Waals surface area contributed by atoms with E-state index in [2.05, 4.69) is 27.7 Å². The average molecular weight is 197 g/mol. The molecule has 1 radical (unpaired) electrons. The molecule has 0 heterocycles. The summed E-state index contributed by atoms with van der Waals surface area (Å²) >= 11 is 0. The fraction of sp³-hybridized carbons (Fsp3) is 0.929. The summed E-state index contributed by atoms with van der Waals surface area (Å²) in [6.07, 6.45) is 12.2. The highest BCUT2D eigenvalue weighted by atomic mass is 14.2. The van der Waals surface area contributed by atoms with Crippen LogP contribution < -0.4 is 0 Å². The molecule has 0 saturated carbocycles. The summed E-state index contributed by atoms with van der Waals surface area (Å²) in [5.41, 5.74) is 0.584. The van der Waals surface area contributed by atoms with Crippen LogP contribution in [-0.4, -0.2) is 0 Å². The summed E-state index contributed by atoms with van der Waals surface area (Å²) in [6, 6.07) is 0. The van der Waals surface area contributed by atoms with Crippen molar-refractivity contribution >= 4 is 0 Å². The average Bonchev–Trinajstić information content (AvgIpc) is 2.11. The van der Waals surface area contributed by atoms with Crippen LogP contribution in [0.25, 0.3) is 0 Å². The Hall–Kier alpha value is 0. The lowest BCUT2D eigenvalue weighted by Gasteiger charge is -2.23. The first-order chi connectivity index (χ1) is 6.62. The van der Waals surface area contributed by atoms with Gasteiger partial charge in [-0.1, -0.05) is 72.6 Å². The summed E-state index contributed by atoms with van der Waals surface area (Å²) in [7, 11) is 0. The van der Waals surface area contributed by atoms with Crippen LogP contribution in [0.15, 0.2) is 0 Å². The van der Waals surface area contributed by atoms with Crippen molar-refractivity contribution in [3.8, 4) is 0 Å². The number of hydrogen-bond donors (Lipinski definition) is 0. The van der Waals surface area contributed by atoms with E-state index in [1.54, 1.807) is 0 Å². The Morgan fingerprint density at radius 3 is 2.00 bits per heavy atom. The molecule has 0 spiro atoms. The van der Waals surface area contributed by atoms with Crippen LogP contribution in [0.1, 0.15) is 78.6 Å². The van der Waals surface area contributed by atoms with E-state index in [0.717, 1.165) is 6.42 Å².